The molecule has 1 saturated carbocycles. The lowest BCUT2D eigenvalue weighted by molar-refractivity contribution is -0.0645. The lowest BCUT2D eigenvalue weighted by atomic mass is 9.85. The predicted molar refractivity (Wildman–Crippen MR) is 109 cm³/mol. The second-order valence-electron chi connectivity index (χ2n) is 8.31. The number of rotatable bonds is 4. The SMILES string of the molecule is CC1(C)Oc2cc3nccnc3cc2[C@H](NCCC2CCCCC2)[C@H]1O.Cl. The summed E-state index contributed by atoms with van der Waals surface area (Å²) in [5, 5.41) is 14.5. The topological polar surface area (TPSA) is 67.3 Å². The fraction of sp³-hybridized carbons (Fsp3) is 0.619. The number of aliphatic hydroxyl groups is 1. The fourth-order valence-electron chi connectivity index (χ4n) is 4.39. The first-order valence-electron chi connectivity index (χ1n) is 9.90. The summed E-state index contributed by atoms with van der Waals surface area (Å²) in [5.74, 6) is 1.62. The Morgan fingerprint density at radius 2 is 1.78 bits per heavy atom. The Labute approximate surface area is 167 Å². The molecular weight excluding hydrogens is 362 g/mol. The number of ether oxygens (including phenoxy) is 1. The van der Waals surface area contributed by atoms with Gasteiger partial charge in [-0.3, -0.25) is 9.97 Å². The highest BCUT2D eigenvalue weighted by Gasteiger charge is 2.43. The second-order valence-corrected chi connectivity index (χ2v) is 8.31. The van der Waals surface area contributed by atoms with Crippen LogP contribution in [0.1, 0.15) is 64.0 Å². The van der Waals surface area contributed by atoms with Crippen LogP contribution in [0.25, 0.3) is 11.0 Å². The van der Waals surface area contributed by atoms with E-state index in [1.807, 2.05) is 26.0 Å². The number of hydrogen-bond acceptors (Lipinski definition) is 5. The molecule has 0 unspecified atom stereocenters. The van der Waals surface area contributed by atoms with Gasteiger partial charge in [0.15, 0.2) is 0 Å². The van der Waals surface area contributed by atoms with Crippen molar-refractivity contribution in [3.63, 3.8) is 0 Å². The van der Waals surface area contributed by atoms with Gasteiger partial charge in [0.05, 0.1) is 17.1 Å². The highest BCUT2D eigenvalue weighted by Crippen LogP contribution is 2.41. The molecule has 1 aromatic heterocycles. The molecule has 1 aliphatic carbocycles. The van der Waals surface area contributed by atoms with Crippen molar-refractivity contribution in [2.45, 2.75) is 70.1 Å². The number of benzene rings is 1. The van der Waals surface area contributed by atoms with Crippen LogP contribution in [0, 0.1) is 5.92 Å². The largest absolute Gasteiger partial charge is 0.485 e. The number of halogens is 1. The minimum atomic E-state index is -0.647. The third-order valence-corrected chi connectivity index (χ3v) is 5.98. The van der Waals surface area contributed by atoms with E-state index in [0.29, 0.717) is 0 Å². The first kappa shape index (κ1) is 20.3. The van der Waals surface area contributed by atoms with Crippen LogP contribution in [0.5, 0.6) is 5.75 Å². The number of fused-ring (bicyclic) bond motifs is 2. The van der Waals surface area contributed by atoms with Gasteiger partial charge in [-0.1, -0.05) is 32.1 Å². The van der Waals surface area contributed by atoms with Crippen molar-refractivity contribution >= 4 is 23.4 Å². The maximum absolute atomic E-state index is 10.9. The summed E-state index contributed by atoms with van der Waals surface area (Å²) in [5.41, 5.74) is 1.99. The first-order valence-corrected chi connectivity index (χ1v) is 9.90. The van der Waals surface area contributed by atoms with Crippen LogP contribution in [0.2, 0.25) is 0 Å². The van der Waals surface area contributed by atoms with Crippen molar-refractivity contribution < 1.29 is 9.84 Å². The third kappa shape index (κ3) is 4.20. The molecule has 0 spiro atoms. The van der Waals surface area contributed by atoms with E-state index in [-0.39, 0.29) is 18.4 Å². The van der Waals surface area contributed by atoms with Crippen molar-refractivity contribution in [1.29, 1.82) is 0 Å². The van der Waals surface area contributed by atoms with Crippen molar-refractivity contribution in [2.24, 2.45) is 5.92 Å². The predicted octanol–water partition coefficient (Wildman–Crippen LogP) is 4.18. The quantitative estimate of drug-likeness (QED) is 0.818. The van der Waals surface area contributed by atoms with Gasteiger partial charge in [-0.15, -0.1) is 12.4 Å². The van der Waals surface area contributed by atoms with Gasteiger partial charge in [0, 0.05) is 24.0 Å². The van der Waals surface area contributed by atoms with E-state index in [1.165, 1.54) is 38.5 Å². The standard InChI is InChI=1S/C21H29N3O2.ClH/c1-21(2)20(25)19(24-9-8-14-6-4-3-5-7-14)15-12-16-17(13-18(15)26-21)23-11-10-22-16;/h10-14,19-20,24-25H,3-9H2,1-2H3;1H/t19-,20+;/m0./s1. The zero-order valence-electron chi connectivity index (χ0n) is 16.1. The van der Waals surface area contributed by atoms with Crippen LogP contribution in [-0.4, -0.2) is 33.3 Å². The molecule has 27 heavy (non-hydrogen) atoms. The van der Waals surface area contributed by atoms with Gasteiger partial charge in [0.25, 0.3) is 0 Å². The van der Waals surface area contributed by atoms with Gasteiger partial charge in [-0.05, 0) is 38.8 Å². The molecule has 2 aromatic rings. The summed E-state index contributed by atoms with van der Waals surface area (Å²) in [7, 11) is 0. The molecule has 2 atom stereocenters. The highest BCUT2D eigenvalue weighted by molar-refractivity contribution is 5.85. The number of aromatic nitrogens is 2. The van der Waals surface area contributed by atoms with E-state index in [2.05, 4.69) is 15.3 Å². The molecule has 1 fully saturated rings. The van der Waals surface area contributed by atoms with Crippen LogP contribution in [-0.2, 0) is 0 Å². The van der Waals surface area contributed by atoms with E-state index in [1.54, 1.807) is 12.4 Å². The molecule has 4 rings (SSSR count). The Morgan fingerprint density at radius 3 is 2.48 bits per heavy atom. The highest BCUT2D eigenvalue weighted by atomic mass is 35.5. The van der Waals surface area contributed by atoms with Gasteiger partial charge in [0.1, 0.15) is 17.5 Å². The summed E-state index contributed by atoms with van der Waals surface area (Å²) >= 11 is 0. The van der Waals surface area contributed by atoms with Crippen molar-refractivity contribution in [2.75, 3.05) is 6.54 Å². The van der Waals surface area contributed by atoms with Gasteiger partial charge >= 0.3 is 0 Å². The fourth-order valence-corrected chi connectivity index (χ4v) is 4.39. The molecule has 2 heterocycles. The first-order chi connectivity index (χ1) is 12.5. The third-order valence-electron chi connectivity index (χ3n) is 5.98. The number of nitrogens with zero attached hydrogens (tertiary/aromatic N) is 2. The van der Waals surface area contributed by atoms with Crippen LogP contribution in [0.15, 0.2) is 24.5 Å². The Balaban J connectivity index is 0.00000210. The second kappa shape index (κ2) is 8.29. The molecule has 1 aromatic carbocycles. The Morgan fingerprint density at radius 1 is 1.11 bits per heavy atom. The van der Waals surface area contributed by atoms with Crippen molar-refractivity contribution in [3.05, 3.63) is 30.1 Å². The Bertz CT molecular complexity index is 777. The van der Waals surface area contributed by atoms with Gasteiger partial charge in [-0.2, -0.15) is 0 Å². The minimum absolute atomic E-state index is 0. The van der Waals surface area contributed by atoms with E-state index >= 15 is 0 Å². The Hall–Kier alpha value is -1.43. The molecule has 1 aliphatic heterocycles. The van der Waals surface area contributed by atoms with Gasteiger partial charge in [-0.25, -0.2) is 0 Å². The minimum Gasteiger partial charge on any atom is -0.485 e. The molecule has 148 valence electrons. The summed E-state index contributed by atoms with van der Waals surface area (Å²) in [6.07, 6.45) is 10.8. The molecule has 0 saturated heterocycles. The molecule has 0 radical (unpaired) electrons. The number of nitrogens with one attached hydrogen (secondary N) is 1. The molecule has 6 heteroatoms. The maximum atomic E-state index is 10.9. The summed E-state index contributed by atoms with van der Waals surface area (Å²) in [6.45, 7) is 4.80. The maximum Gasteiger partial charge on any atom is 0.131 e. The summed E-state index contributed by atoms with van der Waals surface area (Å²) < 4.78 is 6.11. The number of aliphatic hydroxyl groups excluding tert-OH is 1. The average Bonchev–Trinajstić information content (AvgIpc) is 2.64. The van der Waals surface area contributed by atoms with Crippen molar-refractivity contribution in [3.8, 4) is 5.75 Å². The zero-order valence-corrected chi connectivity index (χ0v) is 17.0. The van der Waals surface area contributed by atoms with E-state index in [0.717, 1.165) is 34.8 Å². The molecule has 0 bridgehead atoms. The zero-order chi connectivity index (χ0) is 18.1. The molecule has 5 nitrogen and oxygen atoms in total. The van der Waals surface area contributed by atoms with Crippen LogP contribution in [0.4, 0.5) is 0 Å². The molecule has 2 aliphatic rings. The van der Waals surface area contributed by atoms with E-state index in [9.17, 15) is 5.11 Å². The smallest absolute Gasteiger partial charge is 0.131 e. The molecule has 0 amide bonds. The average molecular weight is 392 g/mol. The van der Waals surface area contributed by atoms with E-state index < -0.39 is 11.7 Å². The van der Waals surface area contributed by atoms with Gasteiger partial charge in [0.2, 0.25) is 0 Å². The lowest BCUT2D eigenvalue weighted by Gasteiger charge is -2.42. The summed E-state index contributed by atoms with van der Waals surface area (Å²) in [4.78, 5) is 8.79. The van der Waals surface area contributed by atoms with E-state index in [4.69, 9.17) is 4.74 Å². The van der Waals surface area contributed by atoms with Crippen LogP contribution in [0.3, 0.4) is 0 Å². The molecule has 2 N–H and O–H groups in total. The Kier molecular flexibility index (Phi) is 6.24. The number of hydrogen-bond donors (Lipinski definition) is 2. The van der Waals surface area contributed by atoms with Crippen LogP contribution < -0.4 is 10.1 Å². The molecular formula is C21H30ClN3O2. The lowest BCUT2D eigenvalue weighted by Crippen LogP contribution is -2.52. The normalized spacial score (nSPS) is 24.7. The van der Waals surface area contributed by atoms with Gasteiger partial charge < -0.3 is 15.2 Å². The summed E-state index contributed by atoms with van der Waals surface area (Å²) in [6, 6.07) is 3.80. The monoisotopic (exact) mass is 391 g/mol. The van der Waals surface area contributed by atoms with Crippen LogP contribution >= 0.6 is 12.4 Å². The van der Waals surface area contributed by atoms with Crippen molar-refractivity contribution in [1.82, 2.24) is 15.3 Å².